The fourth-order valence-electron chi connectivity index (χ4n) is 2.16. The lowest BCUT2D eigenvalue weighted by Crippen LogP contribution is -2.39. The molecule has 1 aromatic rings. The maximum atomic E-state index is 12.8. The van der Waals surface area contributed by atoms with Crippen LogP contribution in [0.25, 0.3) is 0 Å². The van der Waals surface area contributed by atoms with Crippen LogP contribution in [0.1, 0.15) is 37.9 Å². The molecule has 0 saturated carbocycles. The van der Waals surface area contributed by atoms with Gasteiger partial charge in [-0.1, -0.05) is 17.7 Å². The van der Waals surface area contributed by atoms with Crippen molar-refractivity contribution in [2.45, 2.75) is 38.6 Å². The van der Waals surface area contributed by atoms with Crippen LogP contribution >= 0.6 is 11.6 Å². The van der Waals surface area contributed by atoms with E-state index in [1.54, 1.807) is 20.8 Å². The van der Waals surface area contributed by atoms with Gasteiger partial charge in [0.15, 0.2) is 0 Å². The minimum absolute atomic E-state index is 0.0740. The first-order valence-corrected chi connectivity index (χ1v) is 8.75. The third kappa shape index (κ3) is 4.36. The van der Waals surface area contributed by atoms with Crippen molar-refractivity contribution in [3.63, 3.8) is 0 Å². The maximum Gasteiger partial charge on any atom is 0.426 e. The van der Waals surface area contributed by atoms with E-state index >= 15 is 0 Å². The van der Waals surface area contributed by atoms with Crippen molar-refractivity contribution in [2.75, 3.05) is 6.61 Å². The molecular weight excluding hydrogens is 387 g/mol. The minimum atomic E-state index is -4.65. The van der Waals surface area contributed by atoms with E-state index in [4.69, 9.17) is 16.3 Å². The molecule has 0 unspecified atom stereocenters. The Morgan fingerprint density at radius 2 is 1.92 bits per heavy atom. The Morgan fingerprint density at radius 1 is 1.32 bits per heavy atom. The first kappa shape index (κ1) is 19.8. The lowest BCUT2D eigenvalue weighted by Gasteiger charge is -2.26. The summed E-state index contributed by atoms with van der Waals surface area (Å²) in [5, 5.41) is -0.613. The predicted molar refractivity (Wildman–Crippen MR) is 82.1 cm³/mol. The van der Waals surface area contributed by atoms with Crippen LogP contribution in [0.5, 0.6) is 0 Å². The van der Waals surface area contributed by atoms with Gasteiger partial charge in [-0.25, -0.2) is 4.79 Å². The molecule has 0 bridgehead atoms. The van der Waals surface area contributed by atoms with Crippen LogP contribution in [0.3, 0.4) is 0 Å². The predicted octanol–water partition coefficient (Wildman–Crippen LogP) is 3.91. The van der Waals surface area contributed by atoms with Crippen molar-refractivity contribution >= 4 is 28.0 Å². The number of hydrogen-bond acceptors (Lipinski definition) is 5. The van der Waals surface area contributed by atoms with Gasteiger partial charge < -0.3 is 4.74 Å². The molecule has 0 aromatic heterocycles. The normalized spacial score (nSPS) is 20.6. The molecule has 1 fully saturated rings. The molecule has 1 aliphatic rings. The van der Waals surface area contributed by atoms with E-state index in [0.29, 0.717) is 4.31 Å². The molecule has 0 spiro atoms. The largest absolute Gasteiger partial charge is 0.443 e. The van der Waals surface area contributed by atoms with Crippen molar-refractivity contribution < 1.29 is 35.3 Å². The second-order valence-corrected chi connectivity index (χ2v) is 8.16. The Bertz CT molecular complexity index is 789. The first-order valence-electron chi connectivity index (χ1n) is 7.01. The number of amides is 1. The second-order valence-electron chi connectivity index (χ2n) is 6.27. The highest BCUT2D eigenvalue weighted by Gasteiger charge is 2.46. The molecule has 0 radical (unpaired) electrons. The van der Waals surface area contributed by atoms with E-state index in [0.717, 1.165) is 18.2 Å². The van der Waals surface area contributed by atoms with Gasteiger partial charge in [-0.2, -0.15) is 25.9 Å². The molecule has 25 heavy (non-hydrogen) atoms. The first-order chi connectivity index (χ1) is 11.2. The summed E-state index contributed by atoms with van der Waals surface area (Å²) in [6.45, 7) is 4.17. The van der Waals surface area contributed by atoms with Gasteiger partial charge in [0.25, 0.3) is 0 Å². The van der Waals surface area contributed by atoms with Crippen LogP contribution in [0.2, 0.25) is 5.02 Å². The summed E-state index contributed by atoms with van der Waals surface area (Å²) < 4.78 is 72.3. The Morgan fingerprint density at radius 3 is 2.40 bits per heavy atom. The zero-order valence-electron chi connectivity index (χ0n) is 13.4. The van der Waals surface area contributed by atoms with E-state index < -0.39 is 51.4 Å². The molecule has 1 saturated heterocycles. The van der Waals surface area contributed by atoms with Gasteiger partial charge in [0.2, 0.25) is 0 Å². The van der Waals surface area contributed by atoms with Crippen molar-refractivity contribution in [2.24, 2.45) is 0 Å². The average Bonchev–Trinajstić information content (AvgIpc) is 2.70. The molecule has 1 atom stereocenters. The monoisotopic (exact) mass is 401 g/mol. The molecule has 1 aromatic carbocycles. The van der Waals surface area contributed by atoms with Crippen LogP contribution in [0.15, 0.2) is 18.2 Å². The van der Waals surface area contributed by atoms with Gasteiger partial charge in [-0.05, 0) is 38.5 Å². The molecule has 11 heteroatoms. The van der Waals surface area contributed by atoms with Gasteiger partial charge in [-0.15, -0.1) is 0 Å². The molecule has 140 valence electrons. The van der Waals surface area contributed by atoms with Gasteiger partial charge in [0.05, 0.1) is 17.2 Å². The van der Waals surface area contributed by atoms with Crippen LogP contribution < -0.4 is 0 Å². The standard InChI is InChI=1S/C14H15ClF3NO5S/c1-13(2,3)24-12(20)19-11(7-23-25(19,21)22)8-4-5-9(10(15)6-8)14(16,17)18/h4-6,11H,7H2,1-3H3/t11-/m1/s1. The van der Waals surface area contributed by atoms with E-state index in [1.807, 2.05) is 0 Å². The van der Waals surface area contributed by atoms with Crippen molar-refractivity contribution in [3.05, 3.63) is 34.3 Å². The highest BCUT2D eigenvalue weighted by molar-refractivity contribution is 7.85. The molecule has 0 N–H and O–H groups in total. The molecule has 2 rings (SSSR count). The maximum absolute atomic E-state index is 12.8. The Labute approximate surface area is 147 Å². The summed E-state index contributed by atoms with van der Waals surface area (Å²) in [5.41, 5.74) is -1.97. The fourth-order valence-corrected chi connectivity index (χ4v) is 3.58. The van der Waals surface area contributed by atoms with Crippen molar-refractivity contribution in [3.8, 4) is 0 Å². The minimum Gasteiger partial charge on any atom is -0.443 e. The summed E-state index contributed by atoms with van der Waals surface area (Å²) in [6.07, 6.45) is -5.84. The quantitative estimate of drug-likeness (QED) is 0.713. The number of carbonyl (C=O) groups excluding carboxylic acids is 1. The zero-order valence-corrected chi connectivity index (χ0v) is 15.0. The average molecular weight is 402 g/mol. The molecule has 1 heterocycles. The topological polar surface area (TPSA) is 72.9 Å². The lowest BCUT2D eigenvalue weighted by molar-refractivity contribution is -0.137. The summed E-state index contributed by atoms with van der Waals surface area (Å²) >= 11 is 5.65. The van der Waals surface area contributed by atoms with Gasteiger partial charge >= 0.3 is 22.6 Å². The number of carbonyl (C=O) groups is 1. The van der Waals surface area contributed by atoms with Crippen LogP contribution in [-0.2, 0) is 25.4 Å². The summed E-state index contributed by atoms with van der Waals surface area (Å²) in [5.74, 6) is 0. The number of benzene rings is 1. The SMILES string of the molecule is CC(C)(C)OC(=O)N1[C@@H](c2ccc(C(F)(F)F)c(Cl)c2)COS1(=O)=O. The second kappa shape index (κ2) is 6.33. The Balaban J connectivity index is 2.40. The highest BCUT2D eigenvalue weighted by atomic mass is 35.5. The number of nitrogens with zero attached hydrogens (tertiary/aromatic N) is 1. The number of rotatable bonds is 1. The van der Waals surface area contributed by atoms with Crippen molar-refractivity contribution in [1.82, 2.24) is 4.31 Å². The van der Waals surface area contributed by atoms with Crippen molar-refractivity contribution in [1.29, 1.82) is 0 Å². The van der Waals surface area contributed by atoms with Crippen LogP contribution in [-0.4, -0.2) is 31.0 Å². The third-order valence-electron chi connectivity index (χ3n) is 3.16. The number of hydrogen-bond donors (Lipinski definition) is 0. The Kier molecular flexibility index (Phi) is 5.01. The summed E-state index contributed by atoms with van der Waals surface area (Å²) in [6, 6.07) is 1.53. The fraction of sp³-hybridized carbons (Fsp3) is 0.500. The number of halogens is 4. The number of alkyl halides is 3. The highest BCUT2D eigenvalue weighted by Crippen LogP contribution is 2.39. The smallest absolute Gasteiger partial charge is 0.426 e. The molecule has 6 nitrogen and oxygen atoms in total. The number of ether oxygens (including phenoxy) is 1. The third-order valence-corrected chi connectivity index (χ3v) is 4.79. The molecule has 1 amide bonds. The molecule has 1 aliphatic heterocycles. The van der Waals surface area contributed by atoms with E-state index in [2.05, 4.69) is 4.18 Å². The van der Waals surface area contributed by atoms with E-state index in [1.165, 1.54) is 0 Å². The molecule has 0 aliphatic carbocycles. The van der Waals surface area contributed by atoms with Gasteiger partial charge in [0.1, 0.15) is 11.6 Å². The summed E-state index contributed by atoms with van der Waals surface area (Å²) in [7, 11) is -4.41. The lowest BCUT2D eigenvalue weighted by atomic mass is 10.0. The van der Waals surface area contributed by atoms with E-state index in [-0.39, 0.29) is 5.56 Å². The van der Waals surface area contributed by atoms with Crippen LogP contribution in [0.4, 0.5) is 18.0 Å². The van der Waals surface area contributed by atoms with Gasteiger partial charge in [0, 0.05) is 0 Å². The Hall–Kier alpha value is -1.52. The van der Waals surface area contributed by atoms with E-state index in [9.17, 15) is 26.4 Å². The molecular formula is C14H15ClF3NO5S. The summed E-state index contributed by atoms with van der Waals surface area (Å²) in [4.78, 5) is 12.2. The van der Waals surface area contributed by atoms with Gasteiger partial charge in [-0.3, -0.25) is 4.18 Å². The van der Waals surface area contributed by atoms with Crippen LogP contribution in [0, 0.1) is 0 Å². The zero-order chi connectivity index (χ0) is 19.2.